The molecule has 0 aliphatic carbocycles. The van der Waals surface area contributed by atoms with Crippen molar-refractivity contribution in [1.82, 2.24) is 4.98 Å². The number of hydrogen-bond donors (Lipinski definition) is 1. The van der Waals surface area contributed by atoms with Crippen LogP contribution in [0.5, 0.6) is 0 Å². The Bertz CT molecular complexity index is 682. The van der Waals surface area contributed by atoms with E-state index in [0.29, 0.717) is 0 Å². The molecule has 0 fully saturated rings. The number of rotatable bonds is 2. The number of thiophene rings is 1. The first-order valence-electron chi connectivity index (χ1n) is 5.89. The predicted molar refractivity (Wildman–Crippen MR) is 76.8 cm³/mol. The Morgan fingerprint density at radius 1 is 1.11 bits per heavy atom. The van der Waals surface area contributed by atoms with Gasteiger partial charge >= 0.3 is 0 Å². The summed E-state index contributed by atoms with van der Waals surface area (Å²) in [6.45, 7) is 2.10. The van der Waals surface area contributed by atoms with Crippen LogP contribution in [0.15, 0.2) is 47.3 Å². The quantitative estimate of drug-likeness (QED) is 0.758. The van der Waals surface area contributed by atoms with Crippen molar-refractivity contribution in [3.63, 3.8) is 0 Å². The lowest BCUT2D eigenvalue weighted by molar-refractivity contribution is 0.874. The minimum absolute atomic E-state index is 0.102. The summed E-state index contributed by atoms with van der Waals surface area (Å²) < 4.78 is 0. The van der Waals surface area contributed by atoms with Crippen LogP contribution in [-0.4, -0.2) is 4.98 Å². The summed E-state index contributed by atoms with van der Waals surface area (Å²) in [6, 6.07) is 10.1. The molecule has 0 amide bonds. The van der Waals surface area contributed by atoms with E-state index < -0.39 is 0 Å². The number of pyridine rings is 1. The maximum absolute atomic E-state index is 6.39. The van der Waals surface area contributed by atoms with Gasteiger partial charge in [-0.05, 0) is 40.4 Å². The van der Waals surface area contributed by atoms with Crippen molar-refractivity contribution in [3.8, 4) is 0 Å². The van der Waals surface area contributed by atoms with Crippen molar-refractivity contribution in [3.05, 3.63) is 64.0 Å². The molecule has 2 aromatic heterocycles. The van der Waals surface area contributed by atoms with Gasteiger partial charge in [0.2, 0.25) is 0 Å². The van der Waals surface area contributed by atoms with Gasteiger partial charge in [0.15, 0.2) is 0 Å². The average Bonchev–Trinajstić information content (AvgIpc) is 2.83. The van der Waals surface area contributed by atoms with Crippen LogP contribution in [0.1, 0.15) is 22.7 Å². The minimum Gasteiger partial charge on any atom is -0.320 e. The van der Waals surface area contributed by atoms with Gasteiger partial charge in [-0.1, -0.05) is 24.3 Å². The highest BCUT2D eigenvalue weighted by atomic mass is 32.1. The largest absolute Gasteiger partial charge is 0.320 e. The molecule has 2 N–H and O–H groups in total. The molecule has 1 unspecified atom stereocenters. The molecular weight excluding hydrogens is 240 g/mol. The van der Waals surface area contributed by atoms with E-state index in [9.17, 15) is 0 Å². The molecule has 3 heteroatoms. The van der Waals surface area contributed by atoms with Crippen molar-refractivity contribution in [2.45, 2.75) is 13.0 Å². The molecular formula is C15H14N2S. The van der Waals surface area contributed by atoms with Crippen LogP contribution in [0.2, 0.25) is 0 Å². The van der Waals surface area contributed by atoms with Crippen LogP contribution in [0.3, 0.4) is 0 Å². The molecule has 0 saturated carbocycles. The fourth-order valence-electron chi connectivity index (χ4n) is 2.24. The Morgan fingerprint density at radius 2 is 1.94 bits per heavy atom. The van der Waals surface area contributed by atoms with E-state index in [0.717, 1.165) is 16.5 Å². The van der Waals surface area contributed by atoms with Gasteiger partial charge in [0, 0.05) is 11.6 Å². The average molecular weight is 254 g/mol. The van der Waals surface area contributed by atoms with Gasteiger partial charge in [-0.2, -0.15) is 11.3 Å². The van der Waals surface area contributed by atoms with E-state index in [1.54, 1.807) is 11.3 Å². The van der Waals surface area contributed by atoms with Crippen molar-refractivity contribution in [2.75, 3.05) is 0 Å². The number of nitrogens with zero attached hydrogens (tertiary/aromatic N) is 1. The summed E-state index contributed by atoms with van der Waals surface area (Å²) in [4.78, 5) is 4.47. The van der Waals surface area contributed by atoms with Crippen molar-refractivity contribution in [1.29, 1.82) is 0 Å². The summed E-state index contributed by atoms with van der Waals surface area (Å²) in [5, 5.41) is 5.40. The normalized spacial score (nSPS) is 12.8. The van der Waals surface area contributed by atoms with Crippen LogP contribution in [0.4, 0.5) is 0 Å². The lowest BCUT2D eigenvalue weighted by Crippen LogP contribution is -2.12. The molecule has 3 rings (SSSR count). The van der Waals surface area contributed by atoms with Crippen LogP contribution >= 0.6 is 11.3 Å². The molecule has 0 bridgehead atoms. The summed E-state index contributed by atoms with van der Waals surface area (Å²) in [6.07, 6.45) is 1.82. The Hall–Kier alpha value is -1.71. The maximum atomic E-state index is 6.39. The first-order valence-corrected chi connectivity index (χ1v) is 6.83. The lowest BCUT2D eigenvalue weighted by Gasteiger charge is -2.14. The van der Waals surface area contributed by atoms with Gasteiger partial charge in [0.1, 0.15) is 0 Å². The molecule has 1 atom stereocenters. The number of aromatic nitrogens is 1. The highest BCUT2D eigenvalue weighted by molar-refractivity contribution is 7.08. The smallest absolute Gasteiger partial charge is 0.0753 e. The van der Waals surface area contributed by atoms with Crippen LogP contribution < -0.4 is 5.73 Å². The topological polar surface area (TPSA) is 38.9 Å². The summed E-state index contributed by atoms with van der Waals surface area (Å²) in [7, 11) is 0. The van der Waals surface area contributed by atoms with Gasteiger partial charge in [-0.15, -0.1) is 0 Å². The first kappa shape index (κ1) is 11.4. The van der Waals surface area contributed by atoms with E-state index in [-0.39, 0.29) is 6.04 Å². The predicted octanol–water partition coefficient (Wildman–Crippen LogP) is 3.65. The van der Waals surface area contributed by atoms with E-state index in [2.05, 4.69) is 40.9 Å². The van der Waals surface area contributed by atoms with Gasteiger partial charge in [0.25, 0.3) is 0 Å². The molecule has 0 radical (unpaired) electrons. The van der Waals surface area contributed by atoms with E-state index >= 15 is 0 Å². The summed E-state index contributed by atoms with van der Waals surface area (Å²) in [5.74, 6) is 0. The molecule has 90 valence electrons. The zero-order valence-electron chi connectivity index (χ0n) is 10.1. The second-order valence-corrected chi connectivity index (χ2v) is 5.15. The van der Waals surface area contributed by atoms with Crippen LogP contribution in [0, 0.1) is 6.92 Å². The number of fused-ring (bicyclic) bond motifs is 1. The Morgan fingerprint density at radius 3 is 2.72 bits per heavy atom. The standard InChI is InChI=1S/C15H14N2S/c1-10-8-18-9-13(10)14(16)12-6-2-4-11-5-3-7-17-15(11)12/h2-9,14H,16H2,1H3. The number of hydrogen-bond acceptors (Lipinski definition) is 3. The highest BCUT2D eigenvalue weighted by Gasteiger charge is 2.15. The molecule has 0 saturated heterocycles. The van der Waals surface area contributed by atoms with Gasteiger partial charge in [-0.25, -0.2) is 0 Å². The second-order valence-electron chi connectivity index (χ2n) is 4.41. The fourth-order valence-corrected chi connectivity index (χ4v) is 3.12. The molecule has 1 aromatic carbocycles. The number of para-hydroxylation sites is 1. The van der Waals surface area contributed by atoms with E-state index in [4.69, 9.17) is 5.73 Å². The Labute approximate surface area is 110 Å². The zero-order valence-corrected chi connectivity index (χ0v) is 10.9. The third kappa shape index (κ3) is 1.82. The SMILES string of the molecule is Cc1cscc1C(N)c1cccc2cccnc12. The molecule has 2 heterocycles. The molecule has 2 nitrogen and oxygen atoms in total. The van der Waals surface area contributed by atoms with E-state index in [1.165, 1.54) is 11.1 Å². The number of aryl methyl sites for hydroxylation is 1. The van der Waals surface area contributed by atoms with Crippen molar-refractivity contribution in [2.24, 2.45) is 5.73 Å². The third-order valence-corrected chi connectivity index (χ3v) is 4.11. The lowest BCUT2D eigenvalue weighted by atomic mass is 9.97. The van der Waals surface area contributed by atoms with Crippen LogP contribution in [0.25, 0.3) is 10.9 Å². The molecule has 0 spiro atoms. The molecule has 18 heavy (non-hydrogen) atoms. The fraction of sp³-hybridized carbons (Fsp3) is 0.133. The summed E-state index contributed by atoms with van der Waals surface area (Å²) in [5.41, 5.74) is 10.9. The highest BCUT2D eigenvalue weighted by Crippen LogP contribution is 2.29. The number of benzene rings is 1. The van der Waals surface area contributed by atoms with Crippen molar-refractivity contribution < 1.29 is 0 Å². The molecule has 0 aliphatic rings. The third-order valence-electron chi connectivity index (χ3n) is 3.23. The zero-order chi connectivity index (χ0) is 12.5. The van der Waals surface area contributed by atoms with Gasteiger partial charge in [0.05, 0.1) is 11.6 Å². The number of nitrogens with two attached hydrogens (primary N) is 1. The van der Waals surface area contributed by atoms with Gasteiger partial charge < -0.3 is 5.73 Å². The Kier molecular flexibility index (Phi) is 2.86. The van der Waals surface area contributed by atoms with E-state index in [1.807, 2.05) is 18.3 Å². The molecule has 0 aliphatic heterocycles. The summed E-state index contributed by atoms with van der Waals surface area (Å²) >= 11 is 1.69. The first-order chi connectivity index (χ1) is 8.77. The minimum atomic E-state index is -0.102. The second kappa shape index (κ2) is 4.52. The Balaban J connectivity index is 2.18. The van der Waals surface area contributed by atoms with Crippen LogP contribution in [-0.2, 0) is 0 Å². The van der Waals surface area contributed by atoms with Crippen molar-refractivity contribution >= 4 is 22.2 Å². The monoisotopic (exact) mass is 254 g/mol. The van der Waals surface area contributed by atoms with Gasteiger partial charge in [-0.3, -0.25) is 4.98 Å². The maximum Gasteiger partial charge on any atom is 0.0753 e. The molecule has 3 aromatic rings.